The molecule has 6 heteroatoms. The Labute approximate surface area is 171 Å². The molecule has 0 aromatic heterocycles. The van der Waals surface area contributed by atoms with Gasteiger partial charge in [-0.2, -0.15) is 10.4 Å². The summed E-state index contributed by atoms with van der Waals surface area (Å²) in [6.07, 6.45) is 0. The van der Waals surface area contributed by atoms with Gasteiger partial charge in [-0.3, -0.25) is 10.2 Å². The molecule has 0 fully saturated rings. The Kier molecular flexibility index (Phi) is 7.27. The molecule has 0 saturated heterocycles. The standard InChI is InChI=1S/C23H25N3O3/c1-5-29-22(28)17(4)25-26-20-13-11-19(12-14-20)23(15-24,21(27)16(2)3)18-9-7-6-8-10-18/h6-14,16,26H,5H2,1-4H3/b25-17-/t23-/m0/s1. The number of hydrazone groups is 1. The summed E-state index contributed by atoms with van der Waals surface area (Å²) in [5.41, 5.74) is 3.44. The second-order valence-corrected chi connectivity index (χ2v) is 6.85. The molecule has 0 spiro atoms. The molecule has 0 saturated carbocycles. The van der Waals surface area contributed by atoms with Crippen LogP contribution in [0.25, 0.3) is 0 Å². The minimum Gasteiger partial charge on any atom is -0.461 e. The molecule has 0 amide bonds. The first-order valence-electron chi connectivity index (χ1n) is 9.45. The van der Waals surface area contributed by atoms with Gasteiger partial charge in [-0.05, 0) is 37.1 Å². The van der Waals surface area contributed by atoms with Crippen molar-refractivity contribution in [1.29, 1.82) is 5.26 Å². The summed E-state index contributed by atoms with van der Waals surface area (Å²) in [7, 11) is 0. The third-order valence-electron chi connectivity index (χ3n) is 4.51. The highest BCUT2D eigenvalue weighted by Gasteiger charge is 2.43. The normalized spacial score (nSPS) is 13.3. The lowest BCUT2D eigenvalue weighted by Gasteiger charge is -2.28. The second-order valence-electron chi connectivity index (χ2n) is 6.85. The lowest BCUT2D eigenvalue weighted by Crippen LogP contribution is -2.38. The van der Waals surface area contributed by atoms with Gasteiger partial charge in [0.2, 0.25) is 0 Å². The van der Waals surface area contributed by atoms with Crippen molar-refractivity contribution in [2.75, 3.05) is 12.0 Å². The lowest BCUT2D eigenvalue weighted by atomic mass is 9.69. The van der Waals surface area contributed by atoms with Crippen LogP contribution < -0.4 is 5.43 Å². The molecule has 0 aliphatic rings. The van der Waals surface area contributed by atoms with E-state index in [4.69, 9.17) is 4.74 Å². The number of hydrogen-bond acceptors (Lipinski definition) is 6. The molecule has 0 radical (unpaired) electrons. The van der Waals surface area contributed by atoms with Crippen LogP contribution in [-0.4, -0.2) is 24.1 Å². The fourth-order valence-corrected chi connectivity index (χ4v) is 2.98. The van der Waals surface area contributed by atoms with Crippen molar-refractivity contribution in [3.63, 3.8) is 0 Å². The highest BCUT2D eigenvalue weighted by atomic mass is 16.5. The quantitative estimate of drug-likeness (QED) is 0.416. The average molecular weight is 391 g/mol. The molecule has 2 aromatic carbocycles. The number of carbonyl (C=O) groups excluding carboxylic acids is 2. The molecule has 6 nitrogen and oxygen atoms in total. The monoisotopic (exact) mass is 391 g/mol. The summed E-state index contributed by atoms with van der Waals surface area (Å²) in [6, 6.07) is 18.2. The zero-order chi connectivity index (χ0) is 21.4. The zero-order valence-corrected chi connectivity index (χ0v) is 17.1. The van der Waals surface area contributed by atoms with E-state index in [2.05, 4.69) is 16.6 Å². The van der Waals surface area contributed by atoms with Gasteiger partial charge >= 0.3 is 5.97 Å². The van der Waals surface area contributed by atoms with Crippen LogP contribution in [0.15, 0.2) is 59.7 Å². The predicted molar refractivity (Wildman–Crippen MR) is 112 cm³/mol. The molecule has 0 aliphatic carbocycles. The van der Waals surface area contributed by atoms with Gasteiger partial charge < -0.3 is 4.74 Å². The number of nitrogens with zero attached hydrogens (tertiary/aromatic N) is 2. The number of Topliss-reactive ketones (excluding diaryl/α,β-unsaturated/α-hetero) is 1. The number of nitriles is 1. The largest absolute Gasteiger partial charge is 0.461 e. The van der Waals surface area contributed by atoms with E-state index < -0.39 is 11.4 Å². The molecule has 1 N–H and O–H groups in total. The van der Waals surface area contributed by atoms with Crippen molar-refractivity contribution >= 4 is 23.2 Å². The minimum absolute atomic E-state index is 0.164. The Morgan fingerprint density at radius 2 is 1.69 bits per heavy atom. The Hall–Kier alpha value is -3.46. The molecule has 29 heavy (non-hydrogen) atoms. The zero-order valence-electron chi connectivity index (χ0n) is 17.1. The van der Waals surface area contributed by atoms with Crippen LogP contribution in [0.3, 0.4) is 0 Å². The fourth-order valence-electron chi connectivity index (χ4n) is 2.98. The SMILES string of the molecule is CCOC(=O)/C(C)=N\Nc1ccc([C@@](C#N)(C(=O)C(C)C)c2ccccc2)cc1. The van der Waals surface area contributed by atoms with Crippen molar-refractivity contribution in [2.45, 2.75) is 33.1 Å². The van der Waals surface area contributed by atoms with E-state index >= 15 is 0 Å². The number of esters is 1. The van der Waals surface area contributed by atoms with E-state index in [0.717, 1.165) is 0 Å². The van der Waals surface area contributed by atoms with Crippen LogP contribution in [0.4, 0.5) is 5.69 Å². The molecule has 0 bridgehead atoms. The van der Waals surface area contributed by atoms with Gasteiger partial charge in [-0.25, -0.2) is 4.79 Å². The third kappa shape index (κ3) is 4.69. The summed E-state index contributed by atoms with van der Waals surface area (Å²) < 4.78 is 4.88. The molecule has 0 heterocycles. The highest BCUT2D eigenvalue weighted by molar-refractivity contribution is 6.35. The highest BCUT2D eigenvalue weighted by Crippen LogP contribution is 2.35. The Balaban J connectivity index is 2.40. The topological polar surface area (TPSA) is 91.5 Å². The van der Waals surface area contributed by atoms with E-state index in [1.807, 2.05) is 18.2 Å². The number of carbonyl (C=O) groups is 2. The maximum atomic E-state index is 13.1. The van der Waals surface area contributed by atoms with Gasteiger partial charge in [-0.1, -0.05) is 56.3 Å². The van der Waals surface area contributed by atoms with E-state index in [1.54, 1.807) is 64.1 Å². The van der Waals surface area contributed by atoms with E-state index in [-0.39, 0.29) is 24.0 Å². The number of nitrogens with one attached hydrogen (secondary N) is 1. The first-order chi connectivity index (χ1) is 13.9. The van der Waals surface area contributed by atoms with Gasteiger partial charge in [0.1, 0.15) is 5.71 Å². The van der Waals surface area contributed by atoms with Crippen LogP contribution in [0, 0.1) is 17.2 Å². The summed E-state index contributed by atoms with van der Waals surface area (Å²) in [4.78, 5) is 24.7. The first kappa shape index (κ1) is 21.8. The summed E-state index contributed by atoms with van der Waals surface area (Å²) in [6.45, 7) is 7.14. The Morgan fingerprint density at radius 3 is 2.21 bits per heavy atom. The average Bonchev–Trinajstić information content (AvgIpc) is 2.74. The number of ether oxygens (including phenoxy) is 1. The van der Waals surface area contributed by atoms with Crippen molar-refractivity contribution < 1.29 is 14.3 Å². The molecule has 150 valence electrons. The van der Waals surface area contributed by atoms with Crippen molar-refractivity contribution in [2.24, 2.45) is 11.0 Å². The number of hydrogen-bond donors (Lipinski definition) is 1. The van der Waals surface area contributed by atoms with Crippen molar-refractivity contribution in [3.05, 3.63) is 65.7 Å². The van der Waals surface area contributed by atoms with Crippen molar-refractivity contribution in [1.82, 2.24) is 0 Å². The van der Waals surface area contributed by atoms with Gasteiger partial charge in [0.25, 0.3) is 0 Å². The van der Waals surface area contributed by atoms with Gasteiger partial charge in [0, 0.05) is 5.92 Å². The smallest absolute Gasteiger partial charge is 0.354 e. The molecular formula is C23H25N3O3. The van der Waals surface area contributed by atoms with Crippen LogP contribution in [0.5, 0.6) is 0 Å². The summed E-state index contributed by atoms with van der Waals surface area (Å²) in [5.74, 6) is -0.973. The summed E-state index contributed by atoms with van der Waals surface area (Å²) in [5, 5.41) is 14.1. The number of anilines is 1. The molecule has 0 aliphatic heterocycles. The van der Waals surface area contributed by atoms with Crippen LogP contribution in [0.2, 0.25) is 0 Å². The molecule has 2 aromatic rings. The Bertz CT molecular complexity index is 928. The van der Waals surface area contributed by atoms with Crippen molar-refractivity contribution in [3.8, 4) is 6.07 Å². The molecule has 2 rings (SSSR count). The Morgan fingerprint density at radius 1 is 1.10 bits per heavy atom. The number of benzene rings is 2. The number of ketones is 1. The molecular weight excluding hydrogens is 366 g/mol. The maximum Gasteiger partial charge on any atom is 0.354 e. The van der Waals surface area contributed by atoms with Gasteiger partial charge in [-0.15, -0.1) is 0 Å². The molecule has 0 unspecified atom stereocenters. The fraction of sp³-hybridized carbons (Fsp3) is 0.304. The number of rotatable bonds is 8. The maximum absolute atomic E-state index is 13.1. The van der Waals surface area contributed by atoms with Crippen LogP contribution >= 0.6 is 0 Å². The van der Waals surface area contributed by atoms with Crippen LogP contribution in [0.1, 0.15) is 38.8 Å². The van der Waals surface area contributed by atoms with Gasteiger partial charge in [0.05, 0.1) is 18.4 Å². The van der Waals surface area contributed by atoms with E-state index in [9.17, 15) is 14.9 Å². The molecule has 1 atom stereocenters. The predicted octanol–water partition coefficient (Wildman–Crippen LogP) is 4.07. The third-order valence-corrected chi connectivity index (χ3v) is 4.51. The second kappa shape index (κ2) is 9.65. The van der Waals surface area contributed by atoms with E-state index in [0.29, 0.717) is 16.8 Å². The summed E-state index contributed by atoms with van der Waals surface area (Å²) >= 11 is 0. The van der Waals surface area contributed by atoms with Crippen LogP contribution in [-0.2, 0) is 19.7 Å². The van der Waals surface area contributed by atoms with Gasteiger partial charge in [0.15, 0.2) is 11.2 Å². The first-order valence-corrected chi connectivity index (χ1v) is 9.45. The minimum atomic E-state index is -1.39. The lowest BCUT2D eigenvalue weighted by molar-refractivity contribution is -0.135. The van der Waals surface area contributed by atoms with E-state index in [1.165, 1.54) is 0 Å².